The van der Waals surface area contributed by atoms with Gasteiger partial charge in [-0.1, -0.05) is 31.9 Å². The summed E-state index contributed by atoms with van der Waals surface area (Å²) in [5, 5.41) is 0.956. The molecule has 4 nitrogen and oxygen atoms in total. The van der Waals surface area contributed by atoms with Gasteiger partial charge in [-0.15, -0.1) is 11.3 Å². The fraction of sp³-hybridized carbons (Fsp3) is 0.400. The van der Waals surface area contributed by atoms with Crippen LogP contribution in [0.3, 0.4) is 0 Å². The molecule has 0 fully saturated rings. The van der Waals surface area contributed by atoms with Gasteiger partial charge in [-0.3, -0.25) is 0 Å². The molecule has 1 aromatic heterocycles. The molecule has 0 aliphatic carbocycles. The molecule has 0 aliphatic heterocycles. The minimum absolute atomic E-state index is 0.430. The maximum absolute atomic E-state index is 11.6. The molecule has 1 heterocycles. The van der Waals surface area contributed by atoms with Crippen LogP contribution in [-0.2, 0) is 20.1 Å². The fourth-order valence-corrected chi connectivity index (χ4v) is 4.08. The lowest BCUT2D eigenvalue weighted by atomic mass is 10.1. The van der Waals surface area contributed by atoms with E-state index in [1.165, 1.54) is 14.2 Å². The van der Waals surface area contributed by atoms with Crippen LogP contribution in [0.25, 0.3) is 0 Å². The molecule has 94 valence electrons. The smallest absolute Gasteiger partial charge is 0.348 e. The molecule has 0 bridgehead atoms. The second-order valence-corrected chi connectivity index (χ2v) is 5.11. The fourth-order valence-electron chi connectivity index (χ4n) is 1.30. The molecular weight excluding hydrogens is 376 g/mol. The highest BCUT2D eigenvalue weighted by atomic mass is 79.9. The normalized spacial score (nSPS) is 10.1. The maximum Gasteiger partial charge on any atom is 0.348 e. The van der Waals surface area contributed by atoms with Crippen LogP contribution in [-0.4, -0.2) is 26.2 Å². The van der Waals surface area contributed by atoms with Crippen molar-refractivity contribution in [2.24, 2.45) is 0 Å². The third kappa shape index (κ3) is 2.89. The second kappa shape index (κ2) is 6.51. The zero-order valence-corrected chi connectivity index (χ0v) is 13.2. The summed E-state index contributed by atoms with van der Waals surface area (Å²) >= 11 is 7.71. The van der Waals surface area contributed by atoms with Gasteiger partial charge in [0.15, 0.2) is 0 Å². The van der Waals surface area contributed by atoms with E-state index in [9.17, 15) is 9.59 Å². The number of hydrogen-bond acceptors (Lipinski definition) is 5. The molecule has 0 saturated heterocycles. The number of ether oxygens (including phenoxy) is 2. The molecule has 1 rings (SSSR count). The predicted octanol–water partition coefficient (Wildman–Crippen LogP) is 3.11. The first-order chi connectivity index (χ1) is 8.10. The van der Waals surface area contributed by atoms with E-state index in [1.807, 2.05) is 0 Å². The van der Waals surface area contributed by atoms with Crippen LogP contribution in [0.5, 0.6) is 0 Å². The van der Waals surface area contributed by atoms with Crippen LogP contribution < -0.4 is 0 Å². The summed E-state index contributed by atoms with van der Waals surface area (Å²) in [6.45, 7) is 0. The van der Waals surface area contributed by atoms with Gasteiger partial charge >= 0.3 is 11.9 Å². The Balaban J connectivity index is 3.38. The van der Waals surface area contributed by atoms with Gasteiger partial charge in [0.25, 0.3) is 0 Å². The van der Waals surface area contributed by atoms with Gasteiger partial charge in [0.05, 0.1) is 14.2 Å². The average molecular weight is 386 g/mol. The Morgan fingerprint density at radius 1 is 1.00 bits per heavy atom. The van der Waals surface area contributed by atoms with E-state index in [2.05, 4.69) is 41.3 Å². The number of rotatable bonds is 4. The van der Waals surface area contributed by atoms with E-state index < -0.39 is 11.9 Å². The number of halogens is 2. The number of methoxy groups -OCH3 is 2. The molecule has 0 N–H and O–H groups in total. The van der Waals surface area contributed by atoms with E-state index in [0.29, 0.717) is 20.4 Å². The minimum atomic E-state index is -0.443. The van der Waals surface area contributed by atoms with E-state index >= 15 is 0 Å². The summed E-state index contributed by atoms with van der Waals surface area (Å²) in [6, 6.07) is 0. The topological polar surface area (TPSA) is 52.6 Å². The molecule has 0 unspecified atom stereocenters. The Bertz CT molecular complexity index is 403. The highest BCUT2D eigenvalue weighted by molar-refractivity contribution is 9.09. The van der Waals surface area contributed by atoms with E-state index in [0.717, 1.165) is 22.5 Å². The predicted molar refractivity (Wildman–Crippen MR) is 72.3 cm³/mol. The van der Waals surface area contributed by atoms with Gasteiger partial charge < -0.3 is 9.47 Å². The summed E-state index contributed by atoms with van der Waals surface area (Å²) in [4.78, 5) is 24.0. The van der Waals surface area contributed by atoms with Crippen molar-refractivity contribution in [3.8, 4) is 0 Å². The van der Waals surface area contributed by atoms with Crippen LogP contribution in [0.1, 0.15) is 30.5 Å². The van der Waals surface area contributed by atoms with Crippen LogP contribution in [0.2, 0.25) is 0 Å². The molecule has 0 aromatic carbocycles. The number of alkyl halides is 2. The monoisotopic (exact) mass is 384 g/mol. The Hall–Kier alpha value is -0.400. The Morgan fingerprint density at radius 3 is 1.59 bits per heavy atom. The lowest BCUT2D eigenvalue weighted by Crippen LogP contribution is -2.02. The highest BCUT2D eigenvalue weighted by Crippen LogP contribution is 2.33. The minimum Gasteiger partial charge on any atom is -0.465 e. The van der Waals surface area contributed by atoms with Crippen molar-refractivity contribution in [1.29, 1.82) is 0 Å². The molecular formula is C10H10Br2O4S. The first-order valence-electron chi connectivity index (χ1n) is 4.53. The van der Waals surface area contributed by atoms with Crippen molar-refractivity contribution in [3.05, 3.63) is 20.9 Å². The van der Waals surface area contributed by atoms with Crippen molar-refractivity contribution >= 4 is 55.1 Å². The molecule has 0 aliphatic rings. The second-order valence-electron chi connectivity index (χ2n) is 2.97. The molecule has 0 radical (unpaired) electrons. The Kier molecular flexibility index (Phi) is 5.61. The van der Waals surface area contributed by atoms with Gasteiger partial charge in [-0.25, -0.2) is 9.59 Å². The third-order valence-corrected chi connectivity index (χ3v) is 4.48. The molecule has 0 atom stereocenters. The zero-order valence-electron chi connectivity index (χ0n) is 9.21. The summed E-state index contributed by atoms with van der Waals surface area (Å²) in [7, 11) is 2.62. The van der Waals surface area contributed by atoms with Gasteiger partial charge in [-0.05, 0) is 11.1 Å². The van der Waals surface area contributed by atoms with Crippen molar-refractivity contribution in [3.63, 3.8) is 0 Å². The van der Waals surface area contributed by atoms with Gasteiger partial charge in [0, 0.05) is 10.7 Å². The molecule has 7 heteroatoms. The maximum atomic E-state index is 11.6. The first-order valence-corrected chi connectivity index (χ1v) is 7.59. The van der Waals surface area contributed by atoms with Crippen molar-refractivity contribution in [2.45, 2.75) is 10.7 Å². The lowest BCUT2D eigenvalue weighted by Gasteiger charge is -2.01. The van der Waals surface area contributed by atoms with Crippen LogP contribution in [0.4, 0.5) is 0 Å². The van der Waals surface area contributed by atoms with Gasteiger partial charge in [-0.2, -0.15) is 0 Å². The number of esters is 2. The number of carbonyl (C=O) groups is 2. The Morgan fingerprint density at radius 2 is 1.35 bits per heavy atom. The molecule has 0 amide bonds. The third-order valence-electron chi connectivity index (χ3n) is 2.13. The standard InChI is InChI=1S/C10H10Br2O4S/c1-15-9(13)7-5(3-11)6(4-12)8(17-7)10(14)16-2/h3-4H2,1-2H3. The number of hydrogen-bond donors (Lipinski definition) is 0. The first kappa shape index (κ1) is 14.7. The van der Waals surface area contributed by atoms with Crippen molar-refractivity contribution < 1.29 is 19.1 Å². The van der Waals surface area contributed by atoms with Crippen molar-refractivity contribution in [2.75, 3.05) is 14.2 Å². The van der Waals surface area contributed by atoms with E-state index in [-0.39, 0.29) is 0 Å². The molecule has 1 aromatic rings. The van der Waals surface area contributed by atoms with Gasteiger partial charge in [0.1, 0.15) is 9.75 Å². The molecule has 0 spiro atoms. The highest BCUT2D eigenvalue weighted by Gasteiger charge is 2.25. The summed E-state index contributed by atoms with van der Waals surface area (Å²) in [6.07, 6.45) is 0. The number of carbonyl (C=O) groups excluding carboxylic acids is 2. The Labute approximate surface area is 120 Å². The molecule has 17 heavy (non-hydrogen) atoms. The van der Waals surface area contributed by atoms with Crippen LogP contribution >= 0.6 is 43.2 Å². The van der Waals surface area contributed by atoms with E-state index in [4.69, 9.17) is 0 Å². The van der Waals surface area contributed by atoms with Crippen LogP contribution in [0.15, 0.2) is 0 Å². The lowest BCUT2D eigenvalue weighted by molar-refractivity contribution is 0.0598. The average Bonchev–Trinajstić information content (AvgIpc) is 2.74. The summed E-state index contributed by atoms with van der Waals surface area (Å²) in [5.74, 6) is -0.886. The van der Waals surface area contributed by atoms with Crippen LogP contribution in [0, 0.1) is 0 Å². The van der Waals surface area contributed by atoms with E-state index in [1.54, 1.807) is 0 Å². The largest absolute Gasteiger partial charge is 0.465 e. The summed E-state index contributed by atoms with van der Waals surface area (Å²) in [5.41, 5.74) is 1.53. The zero-order chi connectivity index (χ0) is 13.0. The summed E-state index contributed by atoms with van der Waals surface area (Å²) < 4.78 is 9.38. The van der Waals surface area contributed by atoms with Crippen molar-refractivity contribution in [1.82, 2.24) is 0 Å². The quantitative estimate of drug-likeness (QED) is 0.590. The van der Waals surface area contributed by atoms with Gasteiger partial charge in [0.2, 0.25) is 0 Å². The molecule has 0 saturated carbocycles. The number of thiophene rings is 1. The SMILES string of the molecule is COC(=O)c1sc(C(=O)OC)c(CBr)c1CBr.